The SMILES string of the molecule is O=C1C2=CC([N+](=O)[O-])=C3NCCCN3C2Oc2ccc(Cl)cc21. The summed E-state index contributed by atoms with van der Waals surface area (Å²) in [6, 6.07) is 4.82. The van der Waals surface area contributed by atoms with Gasteiger partial charge in [-0.1, -0.05) is 11.6 Å². The molecule has 3 heterocycles. The molecule has 7 nitrogen and oxygen atoms in total. The fraction of sp³-hybridized carbons (Fsp3) is 0.267. The van der Waals surface area contributed by atoms with Crippen molar-refractivity contribution >= 4 is 17.4 Å². The molecule has 0 amide bonds. The highest BCUT2D eigenvalue weighted by molar-refractivity contribution is 6.31. The van der Waals surface area contributed by atoms with E-state index in [0.29, 0.717) is 35.2 Å². The number of allylic oxidation sites excluding steroid dienone is 1. The lowest BCUT2D eigenvalue weighted by Gasteiger charge is -2.42. The van der Waals surface area contributed by atoms with Gasteiger partial charge in [0.15, 0.2) is 11.6 Å². The quantitative estimate of drug-likeness (QED) is 0.624. The first kappa shape index (κ1) is 14.1. The minimum absolute atomic E-state index is 0.113. The summed E-state index contributed by atoms with van der Waals surface area (Å²) in [4.78, 5) is 25.4. The van der Waals surface area contributed by atoms with Crippen molar-refractivity contribution < 1.29 is 14.5 Å². The van der Waals surface area contributed by atoms with Gasteiger partial charge in [-0.2, -0.15) is 0 Å². The molecule has 1 saturated heterocycles. The van der Waals surface area contributed by atoms with Gasteiger partial charge in [0.05, 0.1) is 16.1 Å². The molecule has 0 aromatic heterocycles. The van der Waals surface area contributed by atoms with Gasteiger partial charge < -0.3 is 15.0 Å². The molecule has 0 spiro atoms. The number of benzene rings is 1. The van der Waals surface area contributed by atoms with Crippen molar-refractivity contribution in [1.82, 2.24) is 10.2 Å². The van der Waals surface area contributed by atoms with Gasteiger partial charge in [-0.15, -0.1) is 0 Å². The summed E-state index contributed by atoms with van der Waals surface area (Å²) in [5, 5.41) is 14.8. The van der Waals surface area contributed by atoms with E-state index in [1.54, 1.807) is 17.0 Å². The smallest absolute Gasteiger partial charge is 0.309 e. The largest absolute Gasteiger partial charge is 0.465 e. The summed E-state index contributed by atoms with van der Waals surface area (Å²) in [5.41, 5.74) is 0.480. The molecular formula is C15H12ClN3O4. The number of fused-ring (bicyclic) bond motifs is 4. The van der Waals surface area contributed by atoms with E-state index in [2.05, 4.69) is 5.32 Å². The summed E-state index contributed by atoms with van der Waals surface area (Å²) in [5.74, 6) is 0.555. The number of nitrogens with one attached hydrogen (secondary N) is 1. The third-order valence-electron chi connectivity index (χ3n) is 4.12. The molecule has 1 unspecified atom stereocenters. The summed E-state index contributed by atoms with van der Waals surface area (Å²) in [7, 11) is 0. The Bertz CT molecular complexity index is 802. The molecule has 1 N–H and O–H groups in total. The number of nitrogens with zero attached hydrogens (tertiary/aromatic N) is 2. The van der Waals surface area contributed by atoms with Crippen LogP contribution in [0.15, 0.2) is 41.4 Å². The van der Waals surface area contributed by atoms with Gasteiger partial charge in [0, 0.05) is 24.2 Å². The van der Waals surface area contributed by atoms with Crippen LogP contribution in [0.4, 0.5) is 0 Å². The van der Waals surface area contributed by atoms with E-state index in [1.165, 1.54) is 12.1 Å². The number of hydrogen-bond donors (Lipinski definition) is 1. The number of carbonyl (C=O) groups is 1. The minimum atomic E-state index is -0.650. The third kappa shape index (κ3) is 2.08. The molecule has 3 aliphatic heterocycles. The van der Waals surface area contributed by atoms with Crippen molar-refractivity contribution in [1.29, 1.82) is 0 Å². The fourth-order valence-electron chi connectivity index (χ4n) is 3.10. The second-order valence-electron chi connectivity index (χ2n) is 5.50. The summed E-state index contributed by atoms with van der Waals surface area (Å²) >= 11 is 5.94. The molecule has 0 radical (unpaired) electrons. The number of rotatable bonds is 1. The van der Waals surface area contributed by atoms with E-state index >= 15 is 0 Å². The van der Waals surface area contributed by atoms with E-state index in [-0.39, 0.29) is 17.1 Å². The lowest BCUT2D eigenvalue weighted by molar-refractivity contribution is -0.422. The molecule has 1 atom stereocenters. The Hall–Kier alpha value is -2.54. The normalized spacial score (nSPS) is 22.3. The minimum Gasteiger partial charge on any atom is -0.465 e. The first-order chi connectivity index (χ1) is 11.1. The molecule has 4 rings (SSSR count). The predicted molar refractivity (Wildman–Crippen MR) is 81.6 cm³/mol. The Morgan fingerprint density at radius 1 is 1.43 bits per heavy atom. The number of ether oxygens (including phenoxy) is 1. The number of Topliss-reactive ketones (excluding diaryl/α,β-unsaturated/α-hetero) is 1. The lowest BCUT2D eigenvalue weighted by atomic mass is 9.94. The Morgan fingerprint density at radius 2 is 2.26 bits per heavy atom. The van der Waals surface area contributed by atoms with E-state index in [9.17, 15) is 14.9 Å². The molecule has 0 saturated carbocycles. The zero-order valence-electron chi connectivity index (χ0n) is 11.9. The van der Waals surface area contributed by atoms with Crippen LogP contribution >= 0.6 is 11.6 Å². The maximum atomic E-state index is 12.7. The zero-order valence-corrected chi connectivity index (χ0v) is 12.7. The number of nitro groups is 1. The highest BCUT2D eigenvalue weighted by Crippen LogP contribution is 2.38. The van der Waals surface area contributed by atoms with Crippen LogP contribution in [-0.2, 0) is 0 Å². The average molecular weight is 334 g/mol. The standard InChI is InChI=1S/C15H12ClN3O4/c16-8-2-3-12-9(6-8)13(20)10-7-11(19(21)22)14-17-4-1-5-18(14)15(10)23-12/h2-3,6-7,15,17H,1,4-5H2. The topological polar surface area (TPSA) is 84.7 Å². The maximum Gasteiger partial charge on any atom is 0.309 e. The summed E-state index contributed by atoms with van der Waals surface area (Å²) < 4.78 is 5.94. The van der Waals surface area contributed by atoms with Gasteiger partial charge in [0.1, 0.15) is 5.75 Å². The van der Waals surface area contributed by atoms with Gasteiger partial charge in [0.25, 0.3) is 0 Å². The molecule has 8 heteroatoms. The van der Waals surface area contributed by atoms with Crippen LogP contribution in [0.1, 0.15) is 16.8 Å². The van der Waals surface area contributed by atoms with Gasteiger partial charge in [-0.3, -0.25) is 14.9 Å². The molecule has 0 aliphatic carbocycles. The predicted octanol–water partition coefficient (Wildman–Crippen LogP) is 1.92. The molecular weight excluding hydrogens is 322 g/mol. The van der Waals surface area contributed by atoms with Gasteiger partial charge in [-0.05, 0) is 24.6 Å². The molecule has 1 aromatic rings. The number of ketones is 1. The Labute approximate surface area is 136 Å². The molecule has 118 valence electrons. The molecule has 0 bridgehead atoms. The van der Waals surface area contributed by atoms with Crippen LogP contribution in [0.5, 0.6) is 5.75 Å². The molecule has 3 aliphatic rings. The van der Waals surface area contributed by atoms with Crippen molar-refractivity contribution in [2.75, 3.05) is 13.1 Å². The monoisotopic (exact) mass is 333 g/mol. The molecule has 1 fully saturated rings. The van der Waals surface area contributed by atoms with Crippen LogP contribution in [0.2, 0.25) is 5.02 Å². The highest BCUT2D eigenvalue weighted by Gasteiger charge is 2.44. The fourth-order valence-corrected chi connectivity index (χ4v) is 3.27. The van der Waals surface area contributed by atoms with Crippen molar-refractivity contribution in [3.63, 3.8) is 0 Å². The Balaban J connectivity index is 1.87. The van der Waals surface area contributed by atoms with Crippen LogP contribution < -0.4 is 10.1 Å². The number of carbonyl (C=O) groups excluding carboxylic acids is 1. The Kier molecular flexibility index (Phi) is 3.05. The zero-order chi connectivity index (χ0) is 16.1. The average Bonchev–Trinajstić information content (AvgIpc) is 2.55. The van der Waals surface area contributed by atoms with Gasteiger partial charge in [0.2, 0.25) is 6.23 Å². The van der Waals surface area contributed by atoms with E-state index in [0.717, 1.165) is 6.42 Å². The van der Waals surface area contributed by atoms with Crippen LogP contribution in [0.3, 0.4) is 0 Å². The second kappa shape index (κ2) is 4.99. The van der Waals surface area contributed by atoms with E-state index in [1.807, 2.05) is 0 Å². The van der Waals surface area contributed by atoms with E-state index in [4.69, 9.17) is 16.3 Å². The number of hydrogen-bond acceptors (Lipinski definition) is 6. The van der Waals surface area contributed by atoms with Crippen molar-refractivity contribution in [2.45, 2.75) is 12.6 Å². The first-order valence-electron chi connectivity index (χ1n) is 7.18. The van der Waals surface area contributed by atoms with Gasteiger partial charge >= 0.3 is 5.70 Å². The van der Waals surface area contributed by atoms with Crippen LogP contribution in [-0.4, -0.2) is 34.9 Å². The third-order valence-corrected chi connectivity index (χ3v) is 4.36. The van der Waals surface area contributed by atoms with Gasteiger partial charge in [-0.25, -0.2) is 0 Å². The second-order valence-corrected chi connectivity index (χ2v) is 5.94. The van der Waals surface area contributed by atoms with Crippen LogP contribution in [0, 0.1) is 10.1 Å². The maximum absolute atomic E-state index is 12.7. The number of halogens is 1. The van der Waals surface area contributed by atoms with Crippen molar-refractivity contribution in [3.05, 3.63) is 62.1 Å². The van der Waals surface area contributed by atoms with E-state index < -0.39 is 11.2 Å². The summed E-state index contributed by atoms with van der Waals surface area (Å²) in [6.07, 6.45) is 1.47. The van der Waals surface area contributed by atoms with Crippen LogP contribution in [0.25, 0.3) is 0 Å². The molecule has 23 heavy (non-hydrogen) atoms. The van der Waals surface area contributed by atoms with Crippen molar-refractivity contribution in [2.24, 2.45) is 0 Å². The van der Waals surface area contributed by atoms with Crippen molar-refractivity contribution in [3.8, 4) is 5.75 Å². The first-order valence-corrected chi connectivity index (χ1v) is 7.56. The molecule has 1 aromatic carbocycles. The lowest BCUT2D eigenvalue weighted by Crippen LogP contribution is -2.53. The Morgan fingerprint density at radius 3 is 3.04 bits per heavy atom. The highest BCUT2D eigenvalue weighted by atomic mass is 35.5. The summed E-state index contributed by atoms with van der Waals surface area (Å²) in [6.45, 7) is 1.23.